The van der Waals surface area contributed by atoms with Crippen LogP contribution in [0.5, 0.6) is 0 Å². The van der Waals surface area contributed by atoms with E-state index in [0.29, 0.717) is 41.8 Å². The molecular formula is C24H21ClF3N5O2S. The summed E-state index contributed by atoms with van der Waals surface area (Å²) in [6, 6.07) is 9.08. The fraction of sp³-hybridized carbons (Fsp3) is 0.292. The van der Waals surface area contributed by atoms with E-state index in [1.165, 1.54) is 28.6 Å². The number of halogens is 4. The van der Waals surface area contributed by atoms with Crippen molar-refractivity contribution in [3.05, 3.63) is 69.2 Å². The van der Waals surface area contributed by atoms with Gasteiger partial charge in [-0.2, -0.15) is 23.3 Å². The summed E-state index contributed by atoms with van der Waals surface area (Å²) in [7, 11) is 0. The fourth-order valence-corrected chi connectivity index (χ4v) is 5.30. The number of aliphatic hydroxyl groups excluding tert-OH is 1. The molecule has 188 valence electrons. The highest BCUT2D eigenvalue weighted by Crippen LogP contribution is 2.35. The number of alkyl halides is 3. The van der Waals surface area contributed by atoms with Crippen molar-refractivity contribution in [3.63, 3.8) is 0 Å². The molecule has 2 N–H and O–H groups in total. The van der Waals surface area contributed by atoms with Crippen molar-refractivity contribution in [2.45, 2.75) is 18.8 Å². The number of aliphatic imine (C=N–C) groups is 1. The number of β-amino-alcohol motifs (C(OH)–C–C–N with tert-alkyl or cyclic N) is 1. The first-order valence-electron chi connectivity index (χ1n) is 11.1. The molecule has 1 atom stereocenters. The number of hydrogen-bond donors (Lipinski definition) is 2. The maximum Gasteiger partial charge on any atom is 0.416 e. The number of aromatic nitrogens is 2. The number of carbonyl (C=O) groups is 1. The first kappa shape index (κ1) is 24.8. The molecule has 0 bridgehead atoms. The lowest BCUT2D eigenvalue weighted by Crippen LogP contribution is -2.35. The molecule has 1 unspecified atom stereocenters. The highest BCUT2D eigenvalue weighted by atomic mass is 35.5. The Labute approximate surface area is 213 Å². The van der Waals surface area contributed by atoms with E-state index in [0.717, 1.165) is 17.0 Å². The van der Waals surface area contributed by atoms with Gasteiger partial charge in [0.1, 0.15) is 0 Å². The number of aliphatic hydroxyl groups is 1. The summed E-state index contributed by atoms with van der Waals surface area (Å²) in [6.45, 7) is 2.14. The summed E-state index contributed by atoms with van der Waals surface area (Å²) < 4.78 is 41.9. The number of hydrogen-bond acceptors (Lipinski definition) is 6. The molecule has 2 aliphatic heterocycles. The topological polar surface area (TPSA) is 82.8 Å². The molecule has 0 spiro atoms. The van der Waals surface area contributed by atoms with Crippen LogP contribution in [0, 0.1) is 0 Å². The van der Waals surface area contributed by atoms with Gasteiger partial charge in [-0.25, -0.2) is 0 Å². The summed E-state index contributed by atoms with van der Waals surface area (Å²) in [6.07, 6.45) is -1.76. The van der Waals surface area contributed by atoms with Crippen LogP contribution in [0.1, 0.15) is 16.7 Å². The largest absolute Gasteiger partial charge is 0.416 e. The third-order valence-electron chi connectivity index (χ3n) is 5.91. The van der Waals surface area contributed by atoms with Gasteiger partial charge in [-0.15, -0.1) is 0 Å². The molecule has 2 aromatic carbocycles. The molecule has 1 amide bonds. The van der Waals surface area contributed by atoms with Crippen LogP contribution in [0.2, 0.25) is 5.02 Å². The van der Waals surface area contributed by atoms with Crippen LogP contribution in [0.15, 0.2) is 52.5 Å². The zero-order chi connectivity index (χ0) is 25.4. The van der Waals surface area contributed by atoms with Gasteiger partial charge in [0.2, 0.25) is 0 Å². The van der Waals surface area contributed by atoms with Gasteiger partial charge in [0.15, 0.2) is 5.17 Å². The van der Waals surface area contributed by atoms with Gasteiger partial charge in [0.25, 0.3) is 5.91 Å². The van der Waals surface area contributed by atoms with Gasteiger partial charge in [-0.1, -0.05) is 23.7 Å². The SMILES string of the molecule is O=C1N=C(N2CCNCC(O)C2)S/C1=C\c1ccc2c(cnn2Cc2ccc(Cl)cc2C(F)(F)F)c1. The number of carbonyl (C=O) groups excluding carboxylic acids is 1. The molecule has 1 saturated heterocycles. The Bertz CT molecular complexity index is 1390. The van der Waals surface area contributed by atoms with Gasteiger partial charge in [-0.3, -0.25) is 9.48 Å². The first-order chi connectivity index (χ1) is 17.2. The summed E-state index contributed by atoms with van der Waals surface area (Å²) in [5.41, 5.74) is 0.679. The molecule has 0 radical (unpaired) electrons. The Morgan fingerprint density at radius 3 is 2.89 bits per heavy atom. The third kappa shape index (κ3) is 5.29. The van der Waals surface area contributed by atoms with Crippen LogP contribution in [0.3, 0.4) is 0 Å². The smallest absolute Gasteiger partial charge is 0.390 e. The quantitative estimate of drug-likeness (QED) is 0.494. The lowest BCUT2D eigenvalue weighted by Gasteiger charge is -2.22. The number of amides is 1. The molecule has 1 fully saturated rings. The maximum atomic E-state index is 13.5. The minimum atomic E-state index is -4.53. The highest BCUT2D eigenvalue weighted by molar-refractivity contribution is 8.18. The summed E-state index contributed by atoms with van der Waals surface area (Å²) in [5, 5.41) is 18.7. The number of rotatable bonds is 3. The number of thioether (sulfide) groups is 1. The van der Waals surface area contributed by atoms with E-state index in [1.54, 1.807) is 24.4 Å². The van der Waals surface area contributed by atoms with E-state index in [2.05, 4.69) is 15.4 Å². The minimum Gasteiger partial charge on any atom is -0.390 e. The number of nitrogens with zero attached hydrogens (tertiary/aromatic N) is 4. The Balaban J connectivity index is 1.36. The van der Waals surface area contributed by atoms with Crippen LogP contribution < -0.4 is 5.32 Å². The average Bonchev–Trinajstić information content (AvgIpc) is 3.31. The van der Waals surface area contributed by atoms with E-state index in [-0.39, 0.29) is 23.0 Å². The second-order valence-electron chi connectivity index (χ2n) is 8.53. The Kier molecular flexibility index (Phi) is 6.82. The van der Waals surface area contributed by atoms with Crippen molar-refractivity contribution in [3.8, 4) is 0 Å². The zero-order valence-corrected chi connectivity index (χ0v) is 20.4. The zero-order valence-electron chi connectivity index (χ0n) is 18.8. The van der Waals surface area contributed by atoms with Crippen LogP contribution >= 0.6 is 23.4 Å². The molecular weight excluding hydrogens is 515 g/mol. The molecule has 3 aromatic rings. The van der Waals surface area contributed by atoms with Crippen molar-refractivity contribution in [2.24, 2.45) is 4.99 Å². The third-order valence-corrected chi connectivity index (χ3v) is 7.19. The normalized spacial score (nSPS) is 20.3. The van der Waals surface area contributed by atoms with Crippen LogP contribution in [-0.4, -0.2) is 63.1 Å². The molecule has 7 nitrogen and oxygen atoms in total. The summed E-state index contributed by atoms with van der Waals surface area (Å²) in [4.78, 5) is 19.0. The number of nitrogens with one attached hydrogen (secondary N) is 1. The van der Waals surface area contributed by atoms with Crippen molar-refractivity contribution < 1.29 is 23.1 Å². The van der Waals surface area contributed by atoms with Gasteiger partial charge in [0.05, 0.1) is 34.8 Å². The van der Waals surface area contributed by atoms with Gasteiger partial charge in [0, 0.05) is 36.6 Å². The van der Waals surface area contributed by atoms with Crippen molar-refractivity contribution in [1.29, 1.82) is 0 Å². The van der Waals surface area contributed by atoms with Crippen molar-refractivity contribution >= 4 is 51.4 Å². The van der Waals surface area contributed by atoms with E-state index in [9.17, 15) is 23.1 Å². The predicted molar refractivity (Wildman–Crippen MR) is 134 cm³/mol. The van der Waals surface area contributed by atoms with Crippen molar-refractivity contribution in [2.75, 3.05) is 26.2 Å². The number of fused-ring (bicyclic) bond motifs is 1. The van der Waals surface area contributed by atoms with Gasteiger partial charge < -0.3 is 15.3 Å². The van der Waals surface area contributed by atoms with E-state index >= 15 is 0 Å². The Morgan fingerprint density at radius 2 is 2.08 bits per heavy atom. The van der Waals surface area contributed by atoms with Crippen molar-refractivity contribution in [1.82, 2.24) is 20.0 Å². The monoisotopic (exact) mass is 535 g/mol. The fourth-order valence-electron chi connectivity index (χ4n) is 4.18. The molecule has 5 rings (SSSR count). The molecule has 3 heterocycles. The van der Waals surface area contributed by atoms with E-state index in [4.69, 9.17) is 11.6 Å². The van der Waals surface area contributed by atoms with Crippen LogP contribution in [0.25, 0.3) is 17.0 Å². The molecule has 0 saturated carbocycles. The average molecular weight is 536 g/mol. The lowest BCUT2D eigenvalue weighted by atomic mass is 10.1. The standard InChI is InChI=1S/C24H21ClF3N5O2S/c25-17-3-2-15(19(9-17)24(26,27)28)12-33-20-4-1-14(7-16(20)10-30-33)8-21-22(35)31-23(36-21)32-6-5-29-11-18(34)13-32/h1-4,7-10,18,29,34H,5-6,11-13H2/b21-8-. The second kappa shape index (κ2) is 9.89. The van der Waals surface area contributed by atoms with Gasteiger partial charge in [-0.05, 0) is 53.2 Å². The first-order valence-corrected chi connectivity index (χ1v) is 12.3. The molecule has 2 aliphatic rings. The minimum absolute atomic E-state index is 0.0178. The van der Waals surface area contributed by atoms with Gasteiger partial charge >= 0.3 is 6.18 Å². The summed E-state index contributed by atoms with van der Waals surface area (Å²) >= 11 is 7.04. The molecule has 1 aromatic heterocycles. The second-order valence-corrected chi connectivity index (χ2v) is 9.98. The predicted octanol–water partition coefficient (Wildman–Crippen LogP) is 3.99. The Hall–Kier alpha value is -2.86. The lowest BCUT2D eigenvalue weighted by molar-refractivity contribution is -0.138. The van der Waals surface area contributed by atoms with Crippen LogP contribution in [0.4, 0.5) is 13.2 Å². The molecule has 12 heteroatoms. The number of amidine groups is 1. The summed E-state index contributed by atoms with van der Waals surface area (Å²) in [5.74, 6) is -0.347. The molecule has 0 aliphatic carbocycles. The van der Waals surface area contributed by atoms with Crippen LogP contribution in [-0.2, 0) is 17.5 Å². The molecule has 36 heavy (non-hydrogen) atoms. The highest BCUT2D eigenvalue weighted by Gasteiger charge is 2.34. The maximum absolute atomic E-state index is 13.5. The van der Waals surface area contributed by atoms with E-state index < -0.39 is 17.8 Å². The van der Waals surface area contributed by atoms with E-state index in [1.807, 2.05) is 11.0 Å². The Morgan fingerprint density at radius 1 is 1.25 bits per heavy atom. The number of benzene rings is 2.